The van der Waals surface area contributed by atoms with Crippen molar-refractivity contribution in [3.05, 3.63) is 54.4 Å². The van der Waals surface area contributed by atoms with Gasteiger partial charge in [0.2, 0.25) is 11.8 Å². The summed E-state index contributed by atoms with van der Waals surface area (Å²) >= 11 is 0. The molecule has 1 amide bonds. The highest BCUT2D eigenvalue weighted by atomic mass is 16.5. The molecule has 26 heavy (non-hydrogen) atoms. The van der Waals surface area contributed by atoms with Crippen LogP contribution in [0.4, 0.5) is 5.88 Å². The Bertz CT molecular complexity index is 977. The molecule has 1 fully saturated rings. The molecular formula is C19H15N3O4. The van der Waals surface area contributed by atoms with Crippen LogP contribution >= 0.6 is 0 Å². The van der Waals surface area contributed by atoms with Crippen LogP contribution in [0.2, 0.25) is 0 Å². The van der Waals surface area contributed by atoms with Crippen molar-refractivity contribution >= 4 is 17.8 Å². The van der Waals surface area contributed by atoms with Gasteiger partial charge >= 0.3 is 5.97 Å². The Hall–Kier alpha value is -3.48. The van der Waals surface area contributed by atoms with Gasteiger partial charge in [0.15, 0.2) is 0 Å². The number of rotatable bonds is 5. The van der Waals surface area contributed by atoms with Crippen LogP contribution in [0.1, 0.15) is 23.2 Å². The molecular weight excluding hydrogens is 334 g/mol. The molecule has 0 saturated heterocycles. The molecule has 7 nitrogen and oxygen atoms in total. The van der Waals surface area contributed by atoms with Gasteiger partial charge in [-0.15, -0.1) is 0 Å². The maximum atomic E-state index is 12.2. The van der Waals surface area contributed by atoms with E-state index in [1.807, 2.05) is 0 Å². The molecule has 3 aromatic rings. The number of nitrogens with one attached hydrogen (secondary N) is 1. The van der Waals surface area contributed by atoms with Crippen molar-refractivity contribution in [1.29, 1.82) is 0 Å². The summed E-state index contributed by atoms with van der Waals surface area (Å²) in [5.74, 6) is -1.08. The van der Waals surface area contributed by atoms with Crippen LogP contribution in [0, 0.1) is 5.92 Å². The summed E-state index contributed by atoms with van der Waals surface area (Å²) in [6, 6.07) is 10.1. The lowest BCUT2D eigenvalue weighted by Crippen LogP contribution is -2.13. The first-order valence-electron chi connectivity index (χ1n) is 8.19. The number of pyridine rings is 1. The van der Waals surface area contributed by atoms with Crippen LogP contribution in [-0.4, -0.2) is 27.1 Å². The number of nitrogens with zero attached hydrogens (tertiary/aromatic N) is 2. The van der Waals surface area contributed by atoms with Crippen LogP contribution in [-0.2, 0) is 4.79 Å². The lowest BCUT2D eigenvalue weighted by atomic mass is 9.97. The second-order valence-electron chi connectivity index (χ2n) is 6.09. The van der Waals surface area contributed by atoms with Gasteiger partial charge in [-0.05, 0) is 31.0 Å². The summed E-state index contributed by atoms with van der Waals surface area (Å²) < 4.78 is 5.39. The average Bonchev–Trinajstić information content (AvgIpc) is 3.44. The number of carbonyl (C=O) groups excluding carboxylic acids is 1. The van der Waals surface area contributed by atoms with Crippen LogP contribution in [0.3, 0.4) is 0 Å². The molecule has 7 heteroatoms. The van der Waals surface area contributed by atoms with Crippen molar-refractivity contribution in [3.8, 4) is 22.4 Å². The molecule has 4 rings (SSSR count). The van der Waals surface area contributed by atoms with Crippen LogP contribution in [0.5, 0.6) is 0 Å². The predicted molar refractivity (Wildman–Crippen MR) is 93.5 cm³/mol. The molecule has 0 spiro atoms. The van der Waals surface area contributed by atoms with E-state index in [1.54, 1.807) is 42.7 Å². The van der Waals surface area contributed by atoms with E-state index in [1.165, 1.54) is 6.07 Å². The lowest BCUT2D eigenvalue weighted by molar-refractivity contribution is -0.117. The van der Waals surface area contributed by atoms with E-state index in [2.05, 4.69) is 15.5 Å². The van der Waals surface area contributed by atoms with E-state index in [9.17, 15) is 14.7 Å². The molecule has 1 aliphatic carbocycles. The van der Waals surface area contributed by atoms with Gasteiger partial charge < -0.3 is 9.63 Å². The quantitative estimate of drug-likeness (QED) is 0.731. The van der Waals surface area contributed by atoms with E-state index >= 15 is 0 Å². The number of hydrogen-bond acceptors (Lipinski definition) is 5. The maximum Gasteiger partial charge on any atom is 0.336 e. The monoisotopic (exact) mass is 349 g/mol. The number of aromatic nitrogens is 2. The highest BCUT2D eigenvalue weighted by Crippen LogP contribution is 2.40. The third-order valence-electron chi connectivity index (χ3n) is 4.26. The smallest absolute Gasteiger partial charge is 0.336 e. The van der Waals surface area contributed by atoms with Gasteiger partial charge in [-0.2, -0.15) is 0 Å². The summed E-state index contributed by atoms with van der Waals surface area (Å²) in [4.78, 5) is 27.8. The Kier molecular flexibility index (Phi) is 3.96. The van der Waals surface area contributed by atoms with Crippen LogP contribution in [0.15, 0.2) is 53.3 Å². The lowest BCUT2D eigenvalue weighted by Gasteiger charge is -2.08. The molecule has 0 aliphatic heterocycles. The first kappa shape index (κ1) is 16.0. The van der Waals surface area contributed by atoms with Gasteiger partial charge in [0, 0.05) is 29.4 Å². The standard InChI is InChI=1S/C19H15N3O4/c23-17(12-5-6-12)21-18-15(13-3-1-2-4-14(13)19(24)25)16(22-26-18)11-7-9-20-10-8-11/h1-4,7-10,12H,5-6H2,(H,21,23)(H,24,25). The molecule has 1 aromatic carbocycles. The molecule has 1 saturated carbocycles. The Morgan fingerprint density at radius 3 is 2.54 bits per heavy atom. The van der Waals surface area contributed by atoms with E-state index in [-0.39, 0.29) is 23.3 Å². The second kappa shape index (κ2) is 6.44. The van der Waals surface area contributed by atoms with Crippen molar-refractivity contribution in [1.82, 2.24) is 10.1 Å². The Morgan fingerprint density at radius 1 is 1.12 bits per heavy atom. The van der Waals surface area contributed by atoms with Gasteiger partial charge in [-0.3, -0.25) is 15.1 Å². The first-order valence-corrected chi connectivity index (χ1v) is 8.19. The van der Waals surface area contributed by atoms with Gasteiger partial charge in [0.25, 0.3) is 0 Å². The molecule has 2 aromatic heterocycles. The fourth-order valence-corrected chi connectivity index (χ4v) is 2.78. The minimum absolute atomic E-state index is 0.0213. The first-order chi connectivity index (χ1) is 12.6. The number of carboxylic acid groups (broad SMARTS) is 1. The second-order valence-corrected chi connectivity index (χ2v) is 6.09. The summed E-state index contributed by atoms with van der Waals surface area (Å²) in [6.45, 7) is 0. The predicted octanol–water partition coefficient (Wildman–Crippen LogP) is 3.45. The highest BCUT2D eigenvalue weighted by Gasteiger charge is 2.32. The summed E-state index contributed by atoms with van der Waals surface area (Å²) in [7, 11) is 0. The molecule has 2 N–H and O–H groups in total. The molecule has 0 unspecified atom stereocenters. The maximum absolute atomic E-state index is 12.2. The molecule has 2 heterocycles. The third-order valence-corrected chi connectivity index (χ3v) is 4.26. The Labute approximate surface area is 148 Å². The summed E-state index contributed by atoms with van der Waals surface area (Å²) in [6.07, 6.45) is 4.91. The van der Waals surface area contributed by atoms with E-state index in [0.717, 1.165) is 12.8 Å². The molecule has 1 aliphatic rings. The van der Waals surface area contributed by atoms with Gasteiger partial charge in [0.1, 0.15) is 5.69 Å². The molecule has 0 bridgehead atoms. The summed E-state index contributed by atoms with van der Waals surface area (Å²) in [5.41, 5.74) is 2.15. The van der Waals surface area contributed by atoms with Gasteiger partial charge in [-0.1, -0.05) is 23.4 Å². The molecule has 0 radical (unpaired) electrons. The Balaban J connectivity index is 1.88. The van der Waals surface area contributed by atoms with Crippen molar-refractivity contribution < 1.29 is 19.2 Å². The summed E-state index contributed by atoms with van der Waals surface area (Å²) in [5, 5.41) is 16.4. The van der Waals surface area contributed by atoms with Crippen molar-refractivity contribution in [2.24, 2.45) is 5.92 Å². The van der Waals surface area contributed by atoms with Gasteiger partial charge in [-0.25, -0.2) is 4.79 Å². The van der Waals surface area contributed by atoms with Crippen molar-refractivity contribution in [2.75, 3.05) is 5.32 Å². The fraction of sp³-hybridized carbons (Fsp3) is 0.158. The average molecular weight is 349 g/mol. The molecule has 0 atom stereocenters. The number of hydrogen-bond donors (Lipinski definition) is 2. The van der Waals surface area contributed by atoms with Crippen molar-refractivity contribution in [3.63, 3.8) is 0 Å². The normalized spacial score (nSPS) is 13.4. The zero-order valence-electron chi connectivity index (χ0n) is 13.7. The minimum atomic E-state index is -1.07. The number of carboxylic acids is 1. The van der Waals surface area contributed by atoms with Gasteiger partial charge in [0.05, 0.1) is 11.1 Å². The zero-order chi connectivity index (χ0) is 18.1. The third kappa shape index (κ3) is 2.95. The SMILES string of the molecule is O=C(O)c1ccccc1-c1c(-c2ccncc2)noc1NC(=O)C1CC1. The zero-order valence-corrected chi connectivity index (χ0v) is 13.7. The van der Waals surface area contributed by atoms with E-state index in [4.69, 9.17) is 4.52 Å². The van der Waals surface area contributed by atoms with Crippen molar-refractivity contribution in [2.45, 2.75) is 12.8 Å². The van der Waals surface area contributed by atoms with Crippen LogP contribution in [0.25, 0.3) is 22.4 Å². The van der Waals surface area contributed by atoms with E-state index in [0.29, 0.717) is 22.4 Å². The van der Waals surface area contributed by atoms with Crippen LogP contribution < -0.4 is 5.32 Å². The Morgan fingerprint density at radius 2 is 1.85 bits per heavy atom. The minimum Gasteiger partial charge on any atom is -0.478 e. The fourth-order valence-electron chi connectivity index (χ4n) is 2.78. The highest BCUT2D eigenvalue weighted by molar-refractivity contribution is 6.04. The number of amides is 1. The van der Waals surface area contributed by atoms with E-state index < -0.39 is 5.97 Å². The number of anilines is 1. The topological polar surface area (TPSA) is 105 Å². The number of benzene rings is 1. The number of aromatic carboxylic acids is 1. The molecule has 130 valence electrons. The largest absolute Gasteiger partial charge is 0.478 e. The number of carbonyl (C=O) groups is 2.